The Hall–Kier alpha value is -2.78. The fourth-order valence-corrected chi connectivity index (χ4v) is 4.61. The Kier molecular flexibility index (Phi) is 5.99. The molecule has 3 rings (SSSR count). The van der Waals surface area contributed by atoms with Gasteiger partial charge in [0.15, 0.2) is 0 Å². The molecule has 2 N–H and O–H groups in total. The average molecular weight is 439 g/mol. The Morgan fingerprint density at radius 3 is 2.55 bits per heavy atom. The predicted molar refractivity (Wildman–Crippen MR) is 105 cm³/mol. The lowest BCUT2D eigenvalue weighted by Crippen LogP contribution is -2.42. The van der Waals surface area contributed by atoms with Crippen molar-refractivity contribution < 1.29 is 27.9 Å². The summed E-state index contributed by atoms with van der Waals surface area (Å²) in [5.74, 6) is -1.74. The number of nitrogens with one attached hydrogen (secondary N) is 1. The highest BCUT2D eigenvalue weighted by atomic mass is 35.5. The van der Waals surface area contributed by atoms with Crippen LogP contribution in [0.3, 0.4) is 0 Å². The summed E-state index contributed by atoms with van der Waals surface area (Å²) < 4.78 is 31.8. The van der Waals surface area contributed by atoms with Gasteiger partial charge in [-0.25, -0.2) is 12.7 Å². The number of methoxy groups -OCH3 is 1. The number of phenols is 1. The maximum absolute atomic E-state index is 13.1. The minimum absolute atomic E-state index is 0.0171. The van der Waals surface area contributed by atoms with Crippen LogP contribution >= 0.6 is 11.6 Å². The van der Waals surface area contributed by atoms with Crippen molar-refractivity contribution in [1.82, 2.24) is 9.62 Å². The van der Waals surface area contributed by atoms with Crippen LogP contribution in [0.1, 0.15) is 5.56 Å². The molecule has 154 valence electrons. The molecule has 2 aromatic rings. The number of amides is 2. The van der Waals surface area contributed by atoms with E-state index >= 15 is 0 Å². The molecule has 0 radical (unpaired) electrons. The third-order valence-corrected chi connectivity index (χ3v) is 6.57. The van der Waals surface area contributed by atoms with Crippen LogP contribution in [-0.2, 0) is 26.0 Å². The number of benzene rings is 2. The fraction of sp³-hybridized carbons (Fsp3) is 0.263. The summed E-state index contributed by atoms with van der Waals surface area (Å²) in [6.07, 6.45) is 0.0727. The van der Waals surface area contributed by atoms with E-state index in [-0.39, 0.29) is 23.6 Å². The van der Waals surface area contributed by atoms with E-state index < -0.39 is 34.3 Å². The molecule has 0 saturated carbocycles. The van der Waals surface area contributed by atoms with E-state index in [1.165, 1.54) is 43.5 Å². The monoisotopic (exact) mass is 438 g/mol. The van der Waals surface area contributed by atoms with E-state index in [1.807, 2.05) is 0 Å². The topological polar surface area (TPSA) is 113 Å². The highest BCUT2D eigenvalue weighted by Crippen LogP contribution is 2.28. The van der Waals surface area contributed by atoms with Crippen molar-refractivity contribution >= 4 is 33.4 Å². The minimum Gasteiger partial charge on any atom is -0.508 e. The van der Waals surface area contributed by atoms with Gasteiger partial charge in [-0.1, -0.05) is 11.6 Å². The van der Waals surface area contributed by atoms with Gasteiger partial charge < -0.3 is 15.2 Å². The van der Waals surface area contributed by atoms with Gasteiger partial charge >= 0.3 is 0 Å². The van der Waals surface area contributed by atoms with Crippen LogP contribution in [0.2, 0.25) is 5.02 Å². The molecule has 1 fully saturated rings. The zero-order chi connectivity index (χ0) is 21.2. The predicted octanol–water partition coefficient (Wildman–Crippen LogP) is 1.56. The molecule has 8 nitrogen and oxygen atoms in total. The van der Waals surface area contributed by atoms with Gasteiger partial charge in [-0.3, -0.25) is 9.59 Å². The number of hydrogen-bond donors (Lipinski definition) is 2. The number of sulfonamides is 1. The minimum atomic E-state index is -4.25. The molecule has 0 aliphatic carbocycles. The van der Waals surface area contributed by atoms with E-state index in [0.29, 0.717) is 20.6 Å². The normalized spacial score (nSPS) is 17.6. The van der Waals surface area contributed by atoms with Crippen LogP contribution in [0.5, 0.6) is 11.5 Å². The average Bonchev–Trinajstić information content (AvgIpc) is 2.82. The van der Waals surface area contributed by atoms with Gasteiger partial charge in [0.05, 0.1) is 17.9 Å². The van der Waals surface area contributed by atoms with Gasteiger partial charge in [0.25, 0.3) is 10.0 Å². The van der Waals surface area contributed by atoms with E-state index in [9.17, 15) is 23.1 Å². The molecule has 2 amide bonds. The Bertz CT molecular complexity index is 1040. The standard InChI is InChI=1S/C19H19ClN2O6S/c1-28-17-7-4-15(23)9-12(17)8-13-10-21-18(24)11-22(19(13)25)29(26,27)16-5-2-14(20)3-6-16/h2-7,9,13,23H,8,10-11H2,1H3,(H,21,24). The zero-order valence-corrected chi connectivity index (χ0v) is 17.0. The number of carbonyl (C=O) groups is 2. The van der Waals surface area contributed by atoms with E-state index in [2.05, 4.69) is 5.32 Å². The fourth-order valence-electron chi connectivity index (χ4n) is 3.08. The van der Waals surface area contributed by atoms with Crippen molar-refractivity contribution in [3.8, 4) is 11.5 Å². The van der Waals surface area contributed by atoms with Crippen LogP contribution in [-0.4, -0.2) is 49.8 Å². The summed E-state index contributed by atoms with van der Waals surface area (Å²) in [5, 5.41) is 12.7. The molecule has 1 heterocycles. The third-order valence-electron chi connectivity index (χ3n) is 4.56. The van der Waals surface area contributed by atoms with E-state index in [4.69, 9.17) is 16.3 Å². The van der Waals surface area contributed by atoms with Crippen LogP contribution in [0.25, 0.3) is 0 Å². The molecular formula is C19H19ClN2O6S. The molecule has 0 aromatic heterocycles. The van der Waals surface area contributed by atoms with E-state index in [0.717, 1.165) is 0 Å². The van der Waals surface area contributed by atoms with Gasteiger partial charge in [-0.15, -0.1) is 0 Å². The third kappa shape index (κ3) is 4.46. The maximum atomic E-state index is 13.1. The molecule has 29 heavy (non-hydrogen) atoms. The van der Waals surface area contributed by atoms with Gasteiger partial charge in [0, 0.05) is 11.6 Å². The molecule has 1 aliphatic rings. The van der Waals surface area contributed by atoms with Gasteiger partial charge in [-0.2, -0.15) is 0 Å². The molecule has 1 aliphatic heterocycles. The van der Waals surface area contributed by atoms with Crippen LogP contribution in [0.4, 0.5) is 0 Å². The first kappa shape index (κ1) is 20.9. The largest absolute Gasteiger partial charge is 0.508 e. The first-order valence-electron chi connectivity index (χ1n) is 8.67. The Labute approximate surface area is 173 Å². The highest BCUT2D eigenvalue weighted by Gasteiger charge is 2.38. The first-order valence-corrected chi connectivity index (χ1v) is 10.5. The summed E-state index contributed by atoms with van der Waals surface area (Å²) in [6.45, 7) is -0.652. The lowest BCUT2D eigenvalue weighted by molar-refractivity contribution is -0.131. The molecule has 1 saturated heterocycles. The summed E-state index contributed by atoms with van der Waals surface area (Å²) in [4.78, 5) is 25.0. The van der Waals surface area contributed by atoms with Crippen LogP contribution in [0.15, 0.2) is 47.4 Å². The lowest BCUT2D eigenvalue weighted by atomic mass is 9.97. The van der Waals surface area contributed by atoms with Crippen molar-refractivity contribution in [2.75, 3.05) is 20.2 Å². The zero-order valence-electron chi connectivity index (χ0n) is 15.5. The number of ether oxygens (including phenoxy) is 1. The molecule has 0 spiro atoms. The second kappa shape index (κ2) is 8.30. The molecule has 1 atom stereocenters. The number of aromatic hydroxyl groups is 1. The molecule has 0 bridgehead atoms. The number of halogens is 1. The second-order valence-corrected chi connectivity index (χ2v) is 8.80. The molecule has 10 heteroatoms. The number of carbonyl (C=O) groups excluding carboxylic acids is 2. The summed E-state index contributed by atoms with van der Waals surface area (Å²) >= 11 is 5.81. The Balaban J connectivity index is 1.95. The number of rotatable bonds is 5. The maximum Gasteiger partial charge on any atom is 0.266 e. The number of nitrogens with zero attached hydrogens (tertiary/aromatic N) is 1. The van der Waals surface area contributed by atoms with Crippen LogP contribution in [0, 0.1) is 5.92 Å². The van der Waals surface area contributed by atoms with Gasteiger partial charge in [0.2, 0.25) is 11.8 Å². The van der Waals surface area contributed by atoms with Crippen molar-refractivity contribution in [2.45, 2.75) is 11.3 Å². The smallest absolute Gasteiger partial charge is 0.266 e. The van der Waals surface area contributed by atoms with Crippen molar-refractivity contribution in [2.24, 2.45) is 5.92 Å². The molecular weight excluding hydrogens is 420 g/mol. The summed E-state index contributed by atoms with van der Waals surface area (Å²) in [6, 6.07) is 9.78. The second-order valence-electron chi connectivity index (χ2n) is 6.51. The Morgan fingerprint density at radius 2 is 1.90 bits per heavy atom. The van der Waals surface area contributed by atoms with Gasteiger partial charge in [0.1, 0.15) is 18.0 Å². The van der Waals surface area contributed by atoms with Crippen molar-refractivity contribution in [1.29, 1.82) is 0 Å². The first-order chi connectivity index (χ1) is 13.7. The highest BCUT2D eigenvalue weighted by molar-refractivity contribution is 7.89. The number of phenolic OH excluding ortho intramolecular Hbond substituents is 1. The summed E-state index contributed by atoms with van der Waals surface area (Å²) in [7, 11) is -2.80. The van der Waals surface area contributed by atoms with Gasteiger partial charge in [-0.05, 0) is 54.4 Å². The molecule has 1 unspecified atom stereocenters. The summed E-state index contributed by atoms with van der Waals surface area (Å²) in [5.41, 5.74) is 0.519. The quantitative estimate of drug-likeness (QED) is 0.732. The van der Waals surface area contributed by atoms with Crippen LogP contribution < -0.4 is 10.1 Å². The van der Waals surface area contributed by atoms with Crippen molar-refractivity contribution in [3.05, 3.63) is 53.1 Å². The van der Waals surface area contributed by atoms with Crippen molar-refractivity contribution in [3.63, 3.8) is 0 Å². The number of hydrogen-bond acceptors (Lipinski definition) is 6. The van der Waals surface area contributed by atoms with E-state index in [1.54, 1.807) is 6.07 Å². The SMILES string of the molecule is COc1ccc(O)cc1CC1CNC(=O)CN(S(=O)(=O)c2ccc(Cl)cc2)C1=O. The molecule has 2 aromatic carbocycles. The Morgan fingerprint density at radius 1 is 1.21 bits per heavy atom. The lowest BCUT2D eigenvalue weighted by Gasteiger charge is -2.23.